The molecule has 0 fully saturated rings. The van der Waals surface area contributed by atoms with E-state index in [1.54, 1.807) is 6.08 Å². The van der Waals surface area contributed by atoms with Crippen LogP contribution < -0.4 is 0 Å². The smallest absolute Gasteiger partial charge is 0.256 e. The van der Waals surface area contributed by atoms with Crippen molar-refractivity contribution in [3.8, 4) is 0 Å². The molecule has 2 heteroatoms. The maximum absolute atomic E-state index is 11.9. The largest absolute Gasteiger partial charge is 0.327 e. The van der Waals surface area contributed by atoms with Crippen LogP contribution in [0.3, 0.4) is 0 Å². The van der Waals surface area contributed by atoms with Gasteiger partial charge in [-0.15, -0.1) is 0 Å². The molecule has 0 radical (unpaired) electrons. The zero-order valence-corrected chi connectivity index (χ0v) is 5.19. The minimum Gasteiger partial charge on any atom is -0.256 e. The number of carbonyl (C=O) groups is 1. The summed E-state index contributed by atoms with van der Waals surface area (Å²) >= 11 is 0. The molecule has 0 aromatic carbocycles. The summed E-state index contributed by atoms with van der Waals surface area (Å²) < 4.78 is 11.9. The molecule has 0 atom stereocenters. The van der Waals surface area contributed by atoms with E-state index in [2.05, 4.69) is 0 Å². The van der Waals surface area contributed by atoms with Gasteiger partial charge in [-0.05, 0) is 25.7 Å². The van der Waals surface area contributed by atoms with Crippen LogP contribution in [0.2, 0.25) is 0 Å². The maximum Gasteiger partial charge on any atom is 0.327 e. The summed E-state index contributed by atoms with van der Waals surface area (Å²) in [5.74, 6) is 0. The van der Waals surface area contributed by atoms with Crippen molar-refractivity contribution in [1.29, 1.82) is 0 Å². The van der Waals surface area contributed by atoms with Gasteiger partial charge in [-0.3, -0.25) is 4.79 Å². The molecule has 0 unspecified atom stereocenters. The molecule has 0 N–H and O–H groups in total. The first-order chi connectivity index (χ1) is 4.30. The molecule has 1 nitrogen and oxygen atoms in total. The van der Waals surface area contributed by atoms with Gasteiger partial charge in [-0.25, -0.2) is 0 Å². The first-order valence-corrected chi connectivity index (χ1v) is 3.19. The Kier molecular flexibility index (Phi) is 1.98. The number of hydrogen-bond donors (Lipinski definition) is 0. The summed E-state index contributed by atoms with van der Waals surface area (Å²) in [5.41, 5.74) is 0.376. The summed E-state index contributed by atoms with van der Waals surface area (Å²) in [6.45, 7) is 0. The van der Waals surface area contributed by atoms with E-state index in [1.807, 2.05) is 0 Å². The fourth-order valence-corrected chi connectivity index (χ4v) is 1.02. The molecule has 50 valence electrons. The maximum atomic E-state index is 11.9. The van der Waals surface area contributed by atoms with E-state index in [0.717, 1.165) is 19.3 Å². The van der Waals surface area contributed by atoms with Crippen LogP contribution >= 0.6 is 0 Å². The average Bonchev–Trinajstić information content (AvgIpc) is 1.90. The van der Waals surface area contributed by atoms with Gasteiger partial charge in [0.25, 0.3) is 0 Å². The topological polar surface area (TPSA) is 17.1 Å². The van der Waals surface area contributed by atoms with Crippen LogP contribution in [0.5, 0.6) is 0 Å². The predicted molar refractivity (Wildman–Crippen MR) is 32.7 cm³/mol. The third-order valence-corrected chi connectivity index (χ3v) is 1.54. The van der Waals surface area contributed by atoms with Crippen molar-refractivity contribution < 1.29 is 9.18 Å². The van der Waals surface area contributed by atoms with Crippen molar-refractivity contribution in [3.05, 3.63) is 11.6 Å². The molecule has 1 aliphatic carbocycles. The molecule has 1 aliphatic rings. The summed E-state index contributed by atoms with van der Waals surface area (Å²) in [4.78, 5) is 10.1. The van der Waals surface area contributed by atoms with E-state index in [9.17, 15) is 9.18 Å². The van der Waals surface area contributed by atoms with Gasteiger partial charge in [0.1, 0.15) is 0 Å². The first-order valence-electron chi connectivity index (χ1n) is 3.19. The zero-order valence-electron chi connectivity index (χ0n) is 5.19. The molecule has 0 aromatic rings. The Morgan fingerprint density at radius 1 is 1.56 bits per heavy atom. The van der Waals surface area contributed by atoms with Crippen LogP contribution in [0.15, 0.2) is 11.6 Å². The molecule has 0 amide bonds. The molecular weight excluding hydrogens is 119 g/mol. The summed E-state index contributed by atoms with van der Waals surface area (Å²) in [7, 11) is 0. The molecular formula is C7H9FO. The lowest BCUT2D eigenvalue weighted by molar-refractivity contribution is -0.125. The lowest BCUT2D eigenvalue weighted by Gasteiger charge is -2.05. The molecule has 0 spiro atoms. The molecule has 0 aliphatic heterocycles. The van der Waals surface area contributed by atoms with Crippen molar-refractivity contribution in [3.63, 3.8) is 0 Å². The van der Waals surface area contributed by atoms with E-state index in [1.165, 1.54) is 0 Å². The fraction of sp³-hybridized carbons (Fsp3) is 0.571. The Bertz CT molecular complexity index is 149. The third-order valence-electron chi connectivity index (χ3n) is 1.54. The third kappa shape index (κ3) is 1.63. The van der Waals surface area contributed by atoms with Crippen molar-refractivity contribution in [1.82, 2.24) is 0 Å². The molecule has 1 rings (SSSR count). The molecule has 9 heavy (non-hydrogen) atoms. The normalized spacial score (nSPS) is 19.0. The number of carbonyl (C=O) groups excluding carboxylic acids is 1. The molecule has 0 bridgehead atoms. The van der Waals surface area contributed by atoms with Crippen LogP contribution in [-0.2, 0) is 4.79 Å². The van der Waals surface area contributed by atoms with E-state index in [0.29, 0.717) is 12.0 Å². The summed E-state index contributed by atoms with van der Waals surface area (Å²) in [6, 6.07) is -1.24. The monoisotopic (exact) mass is 128 g/mol. The highest BCUT2D eigenvalue weighted by Crippen LogP contribution is 2.17. The second-order valence-electron chi connectivity index (χ2n) is 2.25. The van der Waals surface area contributed by atoms with Gasteiger partial charge in [-0.1, -0.05) is 6.08 Å². The second-order valence-corrected chi connectivity index (χ2v) is 2.25. The Hall–Kier alpha value is -0.660. The van der Waals surface area contributed by atoms with E-state index < -0.39 is 6.04 Å². The van der Waals surface area contributed by atoms with Crippen LogP contribution in [0.1, 0.15) is 25.7 Å². The average molecular weight is 128 g/mol. The van der Waals surface area contributed by atoms with E-state index in [4.69, 9.17) is 0 Å². The quantitative estimate of drug-likeness (QED) is 0.493. The van der Waals surface area contributed by atoms with Gasteiger partial charge in [0.15, 0.2) is 0 Å². The van der Waals surface area contributed by atoms with Crippen molar-refractivity contribution in [2.24, 2.45) is 0 Å². The molecule has 0 saturated heterocycles. The molecule has 0 saturated carbocycles. The first kappa shape index (κ1) is 6.46. The van der Waals surface area contributed by atoms with Crippen LogP contribution in [0, 0.1) is 0 Å². The zero-order chi connectivity index (χ0) is 6.69. The number of allylic oxidation sites excluding steroid dienone is 2. The lowest BCUT2D eigenvalue weighted by atomic mass is 10.0. The molecule has 0 aromatic heterocycles. The minimum absolute atomic E-state index is 0.376. The number of halogens is 1. The van der Waals surface area contributed by atoms with E-state index >= 15 is 0 Å². The van der Waals surface area contributed by atoms with Gasteiger partial charge >= 0.3 is 6.04 Å². The highest BCUT2D eigenvalue weighted by atomic mass is 19.1. The van der Waals surface area contributed by atoms with Gasteiger partial charge in [-0.2, -0.15) is 4.39 Å². The standard InChI is InChI=1S/C7H9FO/c8-7(9)6-4-2-1-3-5-6/h4H,1-3,5H2. The number of hydrogen-bond acceptors (Lipinski definition) is 1. The van der Waals surface area contributed by atoms with Gasteiger partial charge < -0.3 is 0 Å². The van der Waals surface area contributed by atoms with Crippen LogP contribution in [0.25, 0.3) is 0 Å². The Balaban J connectivity index is 2.57. The highest BCUT2D eigenvalue weighted by Gasteiger charge is 2.09. The van der Waals surface area contributed by atoms with Gasteiger partial charge in [0.05, 0.1) is 0 Å². The van der Waals surface area contributed by atoms with E-state index in [-0.39, 0.29) is 0 Å². The van der Waals surface area contributed by atoms with Gasteiger partial charge in [0.2, 0.25) is 0 Å². The fourth-order valence-electron chi connectivity index (χ4n) is 1.02. The second kappa shape index (κ2) is 2.76. The van der Waals surface area contributed by atoms with Crippen LogP contribution in [0.4, 0.5) is 4.39 Å². The minimum atomic E-state index is -1.24. The highest BCUT2D eigenvalue weighted by molar-refractivity contribution is 5.87. The predicted octanol–water partition coefficient (Wildman–Crippen LogP) is 1.98. The Morgan fingerprint density at radius 3 is 2.67 bits per heavy atom. The summed E-state index contributed by atoms with van der Waals surface area (Å²) in [6.07, 6.45) is 5.25. The Labute approximate surface area is 53.6 Å². The van der Waals surface area contributed by atoms with Crippen LogP contribution in [-0.4, -0.2) is 6.04 Å². The van der Waals surface area contributed by atoms with Crippen molar-refractivity contribution >= 4 is 6.04 Å². The lowest BCUT2D eigenvalue weighted by Crippen LogP contribution is -1.98. The van der Waals surface area contributed by atoms with Crippen molar-refractivity contribution in [2.45, 2.75) is 25.7 Å². The van der Waals surface area contributed by atoms with Crippen molar-refractivity contribution in [2.75, 3.05) is 0 Å². The number of rotatable bonds is 1. The van der Waals surface area contributed by atoms with Gasteiger partial charge in [0, 0.05) is 5.57 Å². The SMILES string of the molecule is O=C(F)C1=CCCCC1. The molecule has 0 heterocycles. The summed E-state index contributed by atoms with van der Waals surface area (Å²) in [5, 5.41) is 0. The Morgan fingerprint density at radius 2 is 2.33 bits per heavy atom.